The van der Waals surface area contributed by atoms with Crippen LogP contribution < -0.4 is 10.6 Å². The minimum Gasteiger partial charge on any atom is -0.480 e. The molecule has 2 amide bonds. The minimum absolute atomic E-state index is 0.157. The van der Waals surface area contributed by atoms with Gasteiger partial charge in [-0.25, -0.2) is 14.6 Å². The van der Waals surface area contributed by atoms with Gasteiger partial charge in [0.15, 0.2) is 0 Å². The Morgan fingerprint density at radius 1 is 1.47 bits per heavy atom. The first-order valence-electron chi connectivity index (χ1n) is 4.97. The molecule has 0 saturated heterocycles. The van der Waals surface area contributed by atoms with Gasteiger partial charge in [-0.1, -0.05) is 0 Å². The van der Waals surface area contributed by atoms with Crippen molar-refractivity contribution in [2.24, 2.45) is 0 Å². The van der Waals surface area contributed by atoms with Crippen LogP contribution in [0.1, 0.15) is 5.69 Å². The summed E-state index contributed by atoms with van der Waals surface area (Å²) in [6.07, 6.45) is 3.13. The second-order valence-electron chi connectivity index (χ2n) is 3.13. The van der Waals surface area contributed by atoms with E-state index in [0.717, 1.165) is 5.69 Å². The molecule has 0 atom stereocenters. The highest BCUT2D eigenvalue weighted by atomic mass is 16.5. The molecule has 0 aliphatic heterocycles. The number of carbonyl (C=O) groups is 2. The number of nitrogens with one attached hydrogen (secondary N) is 3. The molecule has 4 N–H and O–H groups in total. The van der Waals surface area contributed by atoms with Crippen LogP contribution in [0.4, 0.5) is 4.79 Å². The monoisotopic (exact) mass is 242 g/mol. The molecule has 0 radical (unpaired) electrons. The molecule has 0 aromatic carbocycles. The highest BCUT2D eigenvalue weighted by Crippen LogP contribution is 1.88. The lowest BCUT2D eigenvalue weighted by molar-refractivity contribution is -0.142. The zero-order chi connectivity index (χ0) is 12.5. The quantitative estimate of drug-likeness (QED) is 0.472. The number of aliphatic carboxylic acids is 1. The number of nitrogens with zero attached hydrogens (tertiary/aromatic N) is 1. The van der Waals surface area contributed by atoms with Gasteiger partial charge in [0.1, 0.15) is 6.61 Å². The van der Waals surface area contributed by atoms with Crippen LogP contribution in [0.5, 0.6) is 0 Å². The van der Waals surface area contributed by atoms with Crippen molar-refractivity contribution in [2.45, 2.75) is 6.54 Å². The van der Waals surface area contributed by atoms with E-state index in [2.05, 4.69) is 20.6 Å². The summed E-state index contributed by atoms with van der Waals surface area (Å²) in [5.41, 5.74) is 0.794. The van der Waals surface area contributed by atoms with Crippen molar-refractivity contribution >= 4 is 12.0 Å². The lowest BCUT2D eigenvalue weighted by Gasteiger charge is -2.06. The first-order chi connectivity index (χ1) is 8.18. The Balaban J connectivity index is 2.00. The molecule has 0 saturated carbocycles. The Labute approximate surface area is 97.4 Å². The zero-order valence-electron chi connectivity index (χ0n) is 9.10. The number of urea groups is 1. The Kier molecular flexibility index (Phi) is 5.52. The summed E-state index contributed by atoms with van der Waals surface area (Å²) in [4.78, 5) is 27.9. The summed E-state index contributed by atoms with van der Waals surface area (Å²) >= 11 is 0. The molecule has 1 rings (SSSR count). The fourth-order valence-electron chi connectivity index (χ4n) is 1.02. The number of aromatic amines is 1. The molecule has 0 fully saturated rings. The molecule has 0 aliphatic rings. The van der Waals surface area contributed by atoms with Crippen molar-refractivity contribution in [1.29, 1.82) is 0 Å². The van der Waals surface area contributed by atoms with E-state index in [1.54, 1.807) is 6.20 Å². The topological polar surface area (TPSA) is 116 Å². The summed E-state index contributed by atoms with van der Waals surface area (Å²) in [6.45, 7) is 0.394. The number of carboxylic acids is 1. The second kappa shape index (κ2) is 7.23. The Bertz CT molecular complexity index is 352. The molecule has 0 spiro atoms. The van der Waals surface area contributed by atoms with Gasteiger partial charge in [0.05, 0.1) is 25.2 Å². The number of rotatable bonds is 7. The average Bonchev–Trinajstić information content (AvgIpc) is 2.78. The number of carbonyl (C=O) groups excluding carboxylic acids is 1. The summed E-state index contributed by atoms with van der Waals surface area (Å²) < 4.78 is 4.74. The summed E-state index contributed by atoms with van der Waals surface area (Å²) in [7, 11) is 0. The lowest BCUT2D eigenvalue weighted by atomic mass is 10.5. The van der Waals surface area contributed by atoms with Crippen LogP contribution in [0.3, 0.4) is 0 Å². The van der Waals surface area contributed by atoms with Crippen LogP contribution in [0, 0.1) is 0 Å². The van der Waals surface area contributed by atoms with Crippen LogP contribution in [0.2, 0.25) is 0 Å². The number of hydrogen-bond donors (Lipinski definition) is 4. The number of H-pyrrole nitrogens is 1. The first-order valence-corrected chi connectivity index (χ1v) is 4.97. The number of aromatic nitrogens is 2. The van der Waals surface area contributed by atoms with Crippen molar-refractivity contribution in [3.8, 4) is 0 Å². The van der Waals surface area contributed by atoms with Crippen molar-refractivity contribution in [3.63, 3.8) is 0 Å². The largest absolute Gasteiger partial charge is 0.480 e. The van der Waals surface area contributed by atoms with E-state index < -0.39 is 5.97 Å². The molecule has 0 unspecified atom stereocenters. The van der Waals surface area contributed by atoms with Gasteiger partial charge in [-0.2, -0.15) is 0 Å². The van der Waals surface area contributed by atoms with E-state index in [9.17, 15) is 9.59 Å². The van der Waals surface area contributed by atoms with Gasteiger partial charge in [-0.15, -0.1) is 0 Å². The fraction of sp³-hybridized carbons (Fsp3) is 0.444. The van der Waals surface area contributed by atoms with Crippen LogP contribution in [0.15, 0.2) is 12.5 Å². The molecule has 0 aliphatic carbocycles. The van der Waals surface area contributed by atoms with Gasteiger partial charge >= 0.3 is 12.0 Å². The smallest absolute Gasteiger partial charge is 0.329 e. The molecule has 17 heavy (non-hydrogen) atoms. The molecule has 8 heteroatoms. The molecule has 1 heterocycles. The van der Waals surface area contributed by atoms with Gasteiger partial charge in [0, 0.05) is 12.7 Å². The van der Waals surface area contributed by atoms with E-state index in [4.69, 9.17) is 9.84 Å². The second-order valence-corrected chi connectivity index (χ2v) is 3.13. The molecular formula is C9H14N4O4. The molecular weight excluding hydrogens is 228 g/mol. The van der Waals surface area contributed by atoms with E-state index in [1.807, 2.05) is 0 Å². The van der Waals surface area contributed by atoms with Crippen molar-refractivity contribution in [1.82, 2.24) is 20.6 Å². The number of imidazole rings is 1. The van der Waals surface area contributed by atoms with E-state index in [-0.39, 0.29) is 25.8 Å². The summed E-state index contributed by atoms with van der Waals surface area (Å²) in [6, 6.07) is -0.349. The number of ether oxygens (including phenoxy) is 1. The van der Waals surface area contributed by atoms with Crippen molar-refractivity contribution in [3.05, 3.63) is 18.2 Å². The zero-order valence-corrected chi connectivity index (χ0v) is 9.10. The highest BCUT2D eigenvalue weighted by Gasteiger charge is 2.01. The highest BCUT2D eigenvalue weighted by molar-refractivity contribution is 5.73. The predicted octanol–water partition coefficient (Wildman–Crippen LogP) is -0.690. The van der Waals surface area contributed by atoms with Gasteiger partial charge < -0.3 is 25.5 Å². The molecule has 1 aromatic heterocycles. The van der Waals surface area contributed by atoms with Crippen LogP contribution in [-0.4, -0.2) is 46.8 Å². The molecule has 0 bridgehead atoms. The van der Waals surface area contributed by atoms with Gasteiger partial charge in [0.25, 0.3) is 0 Å². The first kappa shape index (κ1) is 13.0. The van der Waals surface area contributed by atoms with Crippen molar-refractivity contribution in [2.75, 3.05) is 19.8 Å². The third kappa shape index (κ3) is 6.15. The summed E-state index contributed by atoms with van der Waals surface area (Å²) in [5, 5.41) is 13.4. The average molecular weight is 242 g/mol. The van der Waals surface area contributed by atoms with Crippen molar-refractivity contribution < 1.29 is 19.4 Å². The predicted molar refractivity (Wildman–Crippen MR) is 57.3 cm³/mol. The van der Waals surface area contributed by atoms with Gasteiger partial charge in [-0.05, 0) is 0 Å². The maximum absolute atomic E-state index is 11.2. The molecule has 94 valence electrons. The standard InChI is InChI=1S/C9H14N4O4/c14-8(15)5-17-2-1-11-9(16)12-4-7-3-10-6-13-7/h3,6H,1-2,4-5H2,(H,10,13)(H,14,15)(H2,11,12,16). The van der Waals surface area contributed by atoms with E-state index in [0.29, 0.717) is 6.54 Å². The van der Waals surface area contributed by atoms with Crippen LogP contribution in [-0.2, 0) is 16.1 Å². The van der Waals surface area contributed by atoms with E-state index >= 15 is 0 Å². The minimum atomic E-state index is -1.03. The SMILES string of the molecule is O=C(O)COCCNC(=O)NCc1cnc[nH]1. The third-order valence-corrected chi connectivity index (χ3v) is 1.75. The number of amides is 2. The Hall–Kier alpha value is -2.09. The van der Waals surface area contributed by atoms with E-state index in [1.165, 1.54) is 6.33 Å². The van der Waals surface area contributed by atoms with Crippen LogP contribution in [0.25, 0.3) is 0 Å². The normalized spacial score (nSPS) is 9.88. The Morgan fingerprint density at radius 3 is 2.94 bits per heavy atom. The molecule has 1 aromatic rings. The third-order valence-electron chi connectivity index (χ3n) is 1.75. The summed E-state index contributed by atoms with van der Waals surface area (Å²) in [5.74, 6) is -1.03. The number of carboxylic acid groups (broad SMARTS) is 1. The maximum Gasteiger partial charge on any atom is 0.329 e. The Morgan fingerprint density at radius 2 is 2.29 bits per heavy atom. The van der Waals surface area contributed by atoms with Gasteiger partial charge in [0.2, 0.25) is 0 Å². The van der Waals surface area contributed by atoms with Gasteiger partial charge in [-0.3, -0.25) is 0 Å². The maximum atomic E-state index is 11.2. The fourth-order valence-corrected chi connectivity index (χ4v) is 1.02. The van der Waals surface area contributed by atoms with Crippen LogP contribution >= 0.6 is 0 Å². The molecule has 8 nitrogen and oxygen atoms in total. The lowest BCUT2D eigenvalue weighted by Crippen LogP contribution is -2.37. The number of hydrogen-bond acceptors (Lipinski definition) is 4.